The highest BCUT2D eigenvalue weighted by Gasteiger charge is 2.39. The van der Waals surface area contributed by atoms with Crippen molar-refractivity contribution in [1.29, 1.82) is 0 Å². The number of amides is 2. The van der Waals surface area contributed by atoms with Gasteiger partial charge < -0.3 is 9.74 Å². The van der Waals surface area contributed by atoms with Gasteiger partial charge in [0.15, 0.2) is 0 Å². The Morgan fingerprint density at radius 2 is 1.86 bits per heavy atom. The van der Waals surface area contributed by atoms with Crippen molar-refractivity contribution in [1.82, 2.24) is 9.62 Å². The van der Waals surface area contributed by atoms with Crippen molar-refractivity contribution < 1.29 is 32.4 Å². The molecule has 0 bridgehead atoms. The van der Waals surface area contributed by atoms with E-state index in [1.165, 1.54) is 11.8 Å². The number of oxime groups is 1. The molecule has 1 heterocycles. The van der Waals surface area contributed by atoms with Crippen LogP contribution >= 0.6 is 11.8 Å². The Balaban J connectivity index is 0.00000153. The molecule has 2 aromatic carbocycles. The van der Waals surface area contributed by atoms with Crippen LogP contribution in [0.3, 0.4) is 0 Å². The molecular formula is C24H30N4O7S2. The van der Waals surface area contributed by atoms with Crippen molar-refractivity contribution in [2.75, 3.05) is 37.9 Å². The van der Waals surface area contributed by atoms with E-state index in [4.69, 9.17) is 14.4 Å². The molecule has 11 nitrogen and oxygen atoms in total. The van der Waals surface area contributed by atoms with Crippen molar-refractivity contribution in [2.24, 2.45) is 5.16 Å². The summed E-state index contributed by atoms with van der Waals surface area (Å²) in [5.41, 5.74) is 0.931. The van der Waals surface area contributed by atoms with E-state index >= 15 is 0 Å². The van der Waals surface area contributed by atoms with Crippen LogP contribution in [0.5, 0.6) is 0 Å². The summed E-state index contributed by atoms with van der Waals surface area (Å²) in [7, 11) is 0.0162. The molecular weight excluding hydrogens is 520 g/mol. The number of benzene rings is 2. The smallest absolute Gasteiger partial charge is 0.373 e. The molecule has 1 aliphatic rings. The molecule has 200 valence electrons. The Bertz CT molecular complexity index is 1260. The zero-order valence-corrected chi connectivity index (χ0v) is 22.5. The lowest BCUT2D eigenvalue weighted by Crippen LogP contribution is -2.37. The number of anilines is 1. The average molecular weight is 551 g/mol. The lowest BCUT2D eigenvalue weighted by Gasteiger charge is -2.20. The number of carbonyl (C=O) groups is 2. The van der Waals surface area contributed by atoms with E-state index in [-0.39, 0.29) is 42.4 Å². The Kier molecular flexibility index (Phi) is 11.3. The minimum absolute atomic E-state index is 0.0881. The van der Waals surface area contributed by atoms with Gasteiger partial charge in [0.2, 0.25) is 21.8 Å². The summed E-state index contributed by atoms with van der Waals surface area (Å²) in [6, 6.07) is 10.4. The SMILES string of the molecule is C=NOCCN1C(=O)CC(SC[C@@H](CC)NS(=O)(=O)c2cccc3c(N(C)C)cccc23)C1=O.O=C=O. The molecule has 37 heavy (non-hydrogen) atoms. The first-order chi connectivity index (χ1) is 17.6. The van der Waals surface area contributed by atoms with Crippen LogP contribution in [0.1, 0.15) is 19.8 Å². The van der Waals surface area contributed by atoms with Crippen LogP contribution in [0.15, 0.2) is 46.4 Å². The second-order valence-corrected chi connectivity index (χ2v) is 11.1. The van der Waals surface area contributed by atoms with Crippen LogP contribution in [0, 0.1) is 0 Å². The minimum atomic E-state index is -3.81. The van der Waals surface area contributed by atoms with E-state index in [0.29, 0.717) is 17.6 Å². The van der Waals surface area contributed by atoms with Gasteiger partial charge in [0.25, 0.3) is 0 Å². The molecule has 3 rings (SSSR count). The third-order valence-electron chi connectivity index (χ3n) is 5.64. The van der Waals surface area contributed by atoms with Gasteiger partial charge in [0.05, 0.1) is 16.7 Å². The number of nitrogens with zero attached hydrogens (tertiary/aromatic N) is 3. The summed E-state index contributed by atoms with van der Waals surface area (Å²) in [6.07, 6.45) is 0.877. The third kappa shape index (κ3) is 7.62. The third-order valence-corrected chi connectivity index (χ3v) is 8.59. The van der Waals surface area contributed by atoms with Gasteiger partial charge in [-0.05, 0) is 18.6 Å². The predicted octanol–water partition coefficient (Wildman–Crippen LogP) is 1.87. The molecule has 1 N–H and O–H groups in total. The van der Waals surface area contributed by atoms with Crippen molar-refractivity contribution in [3.63, 3.8) is 0 Å². The lowest BCUT2D eigenvalue weighted by molar-refractivity contribution is -0.191. The molecule has 1 unspecified atom stereocenters. The molecule has 0 aromatic heterocycles. The fourth-order valence-electron chi connectivity index (χ4n) is 3.85. The summed E-state index contributed by atoms with van der Waals surface area (Å²) in [6.45, 7) is 5.29. The molecule has 0 radical (unpaired) electrons. The van der Waals surface area contributed by atoms with Crippen LogP contribution in [0.25, 0.3) is 10.8 Å². The first-order valence-electron chi connectivity index (χ1n) is 11.4. The van der Waals surface area contributed by atoms with Crippen LogP contribution in [0.2, 0.25) is 0 Å². The maximum atomic E-state index is 13.3. The van der Waals surface area contributed by atoms with Crippen LogP contribution < -0.4 is 9.62 Å². The summed E-state index contributed by atoms with van der Waals surface area (Å²) in [5.74, 6) is -0.187. The maximum absolute atomic E-state index is 13.3. The molecule has 0 saturated carbocycles. The standard InChI is InChI=1S/C23H30N4O5S2.CO2/c1-5-16(15-33-20-14-22(28)27(23(20)29)12-13-32-24-2)25-34(30,31)21-11-7-8-17-18(21)9-6-10-19(17)26(3)4;2-1-3/h6-11,16,20,25H,2,5,12-15H2,1,3-4H3;/t16-,20?;/m1./s1. The maximum Gasteiger partial charge on any atom is 0.373 e. The van der Waals surface area contributed by atoms with Crippen molar-refractivity contribution in [3.05, 3.63) is 36.4 Å². The average Bonchev–Trinajstić information content (AvgIpc) is 3.13. The van der Waals surface area contributed by atoms with Crippen molar-refractivity contribution in [3.8, 4) is 0 Å². The Hall–Kier alpha value is -3.25. The van der Waals surface area contributed by atoms with E-state index in [0.717, 1.165) is 16.0 Å². The summed E-state index contributed by atoms with van der Waals surface area (Å²) < 4.78 is 29.4. The summed E-state index contributed by atoms with van der Waals surface area (Å²) in [4.78, 5) is 49.1. The van der Waals surface area contributed by atoms with Gasteiger partial charge in [0, 0.05) is 55.5 Å². The Labute approximate surface area is 220 Å². The first kappa shape index (κ1) is 30.0. The topological polar surface area (TPSA) is 143 Å². The van der Waals surface area contributed by atoms with Crippen molar-refractivity contribution in [2.45, 2.75) is 36.0 Å². The quantitative estimate of drug-likeness (QED) is 0.181. The summed E-state index contributed by atoms with van der Waals surface area (Å²) >= 11 is 1.30. The number of fused-ring (bicyclic) bond motifs is 1. The molecule has 2 atom stereocenters. The van der Waals surface area contributed by atoms with Gasteiger partial charge in [-0.1, -0.05) is 31.2 Å². The number of nitrogens with one attached hydrogen (secondary N) is 1. The molecule has 1 aliphatic heterocycles. The van der Waals surface area contributed by atoms with Gasteiger partial charge in [-0.2, -0.15) is 9.59 Å². The van der Waals surface area contributed by atoms with Gasteiger partial charge in [-0.25, -0.2) is 13.1 Å². The number of sulfonamides is 1. The lowest BCUT2D eigenvalue weighted by atomic mass is 10.1. The Morgan fingerprint density at radius 1 is 1.22 bits per heavy atom. The van der Waals surface area contributed by atoms with E-state index in [2.05, 4.69) is 16.6 Å². The number of rotatable bonds is 12. The second kappa shape index (κ2) is 13.9. The van der Waals surface area contributed by atoms with Crippen LogP contribution in [-0.4, -0.2) is 82.3 Å². The first-order valence-corrected chi connectivity index (χ1v) is 13.9. The predicted molar refractivity (Wildman–Crippen MR) is 141 cm³/mol. The fraction of sp³-hybridized carbons (Fsp3) is 0.417. The number of likely N-dealkylation sites (tertiary alicyclic amines) is 1. The fourth-order valence-corrected chi connectivity index (χ4v) is 6.81. The highest BCUT2D eigenvalue weighted by Crippen LogP contribution is 2.31. The molecule has 1 fully saturated rings. The largest absolute Gasteiger partial charge is 0.394 e. The molecule has 0 spiro atoms. The summed E-state index contributed by atoms with van der Waals surface area (Å²) in [5, 5.41) is 4.21. The Morgan fingerprint density at radius 3 is 2.49 bits per heavy atom. The number of carbonyl (C=O) groups excluding carboxylic acids is 4. The number of hydrogen-bond acceptors (Lipinski definition) is 10. The number of imide groups is 1. The normalized spacial score (nSPS) is 16.1. The monoisotopic (exact) mass is 550 g/mol. The number of hydrogen-bond donors (Lipinski definition) is 1. The van der Waals surface area contributed by atoms with Gasteiger partial charge in [-0.3, -0.25) is 14.5 Å². The zero-order chi connectivity index (χ0) is 27.6. The van der Waals surface area contributed by atoms with E-state index < -0.39 is 21.3 Å². The molecule has 2 aromatic rings. The number of thioether (sulfide) groups is 1. The minimum Gasteiger partial charge on any atom is -0.394 e. The highest BCUT2D eigenvalue weighted by atomic mass is 32.2. The molecule has 2 amide bonds. The van der Waals surface area contributed by atoms with E-state index in [1.807, 2.05) is 44.1 Å². The molecule has 1 saturated heterocycles. The highest BCUT2D eigenvalue weighted by molar-refractivity contribution is 8.00. The van der Waals surface area contributed by atoms with E-state index in [9.17, 15) is 18.0 Å². The second-order valence-electron chi connectivity index (χ2n) is 8.20. The molecule has 13 heteroatoms. The van der Waals surface area contributed by atoms with Crippen LogP contribution in [-0.2, 0) is 34.0 Å². The zero-order valence-electron chi connectivity index (χ0n) is 20.9. The molecule has 0 aliphatic carbocycles. The van der Waals surface area contributed by atoms with E-state index in [1.54, 1.807) is 18.2 Å². The van der Waals surface area contributed by atoms with Gasteiger partial charge >= 0.3 is 6.15 Å². The van der Waals surface area contributed by atoms with Crippen LogP contribution in [0.4, 0.5) is 5.69 Å². The van der Waals surface area contributed by atoms with Gasteiger partial charge in [-0.15, -0.1) is 16.9 Å². The van der Waals surface area contributed by atoms with Gasteiger partial charge in [0.1, 0.15) is 6.61 Å². The van der Waals surface area contributed by atoms with Crippen molar-refractivity contribution >= 4 is 62.9 Å².